The van der Waals surface area contributed by atoms with Gasteiger partial charge in [0.15, 0.2) is 0 Å². The minimum atomic E-state index is -2.30. The third-order valence-electron chi connectivity index (χ3n) is 2.70. The van der Waals surface area contributed by atoms with Crippen molar-refractivity contribution in [3.63, 3.8) is 0 Å². The molecule has 2 rings (SSSR count). The average molecular weight is 362 g/mol. The Labute approximate surface area is 116 Å². The Kier molecular flexibility index (Phi) is 3.44. The van der Waals surface area contributed by atoms with Crippen molar-refractivity contribution in [2.75, 3.05) is 0 Å². The molecule has 0 aliphatic carbocycles. The second-order valence-corrected chi connectivity index (χ2v) is 9.18. The summed E-state index contributed by atoms with van der Waals surface area (Å²) in [5.74, 6) is -0.180. The van der Waals surface area contributed by atoms with Gasteiger partial charge in [0.05, 0.1) is 0 Å². The van der Waals surface area contributed by atoms with E-state index < -0.39 is 26.1 Å². The molecule has 0 saturated carbocycles. The van der Waals surface area contributed by atoms with Gasteiger partial charge in [-0.2, -0.15) is 0 Å². The molecular formula is C14H19IO3. The zero-order valence-electron chi connectivity index (χ0n) is 11.4. The van der Waals surface area contributed by atoms with Crippen molar-refractivity contribution in [3.8, 4) is 0 Å². The molecule has 0 N–H and O–H groups in total. The second-order valence-electron chi connectivity index (χ2n) is 5.90. The summed E-state index contributed by atoms with van der Waals surface area (Å²) in [5.41, 5.74) is 0.319. The fourth-order valence-electron chi connectivity index (χ4n) is 1.58. The van der Waals surface area contributed by atoms with E-state index in [-0.39, 0.29) is 11.6 Å². The van der Waals surface area contributed by atoms with Gasteiger partial charge in [0, 0.05) is 0 Å². The van der Waals surface area contributed by atoms with E-state index in [9.17, 15) is 4.79 Å². The topological polar surface area (TPSA) is 35.5 Å². The molecule has 4 heteroatoms. The number of halogens is 1. The molecule has 18 heavy (non-hydrogen) atoms. The average Bonchev–Trinajstić information content (AvgIpc) is 2.50. The molecule has 1 aliphatic heterocycles. The van der Waals surface area contributed by atoms with Crippen LogP contribution in [0, 0.1) is 8.99 Å². The summed E-state index contributed by atoms with van der Waals surface area (Å²) >= 11 is -2.30. The van der Waals surface area contributed by atoms with Gasteiger partial charge in [-0.1, -0.05) is 0 Å². The van der Waals surface area contributed by atoms with Crippen LogP contribution in [-0.4, -0.2) is 5.97 Å². The van der Waals surface area contributed by atoms with Crippen LogP contribution in [0.1, 0.15) is 40.2 Å². The first-order valence-electron chi connectivity index (χ1n) is 5.94. The minimum absolute atomic E-state index is 0.180. The van der Waals surface area contributed by atoms with Crippen LogP contribution in [-0.2, 0) is 16.5 Å². The van der Waals surface area contributed by atoms with E-state index in [2.05, 4.69) is 6.07 Å². The Morgan fingerprint density at radius 3 is 2.50 bits per heavy atom. The molecule has 1 aromatic rings. The number of fused-ring (bicyclic) bond motifs is 1. The monoisotopic (exact) mass is 362 g/mol. The van der Waals surface area contributed by atoms with Gasteiger partial charge in [-0.15, -0.1) is 0 Å². The molecule has 0 atom stereocenters. The Hall–Kier alpha value is -0.620. The molecule has 1 aromatic carbocycles. The van der Waals surface area contributed by atoms with Crippen molar-refractivity contribution in [3.05, 3.63) is 33.4 Å². The quantitative estimate of drug-likeness (QED) is 0.708. The maximum absolute atomic E-state index is 12.0. The van der Waals surface area contributed by atoms with Crippen LogP contribution in [0.25, 0.3) is 0 Å². The van der Waals surface area contributed by atoms with E-state index in [1.807, 2.05) is 52.8 Å². The molecule has 0 amide bonds. The van der Waals surface area contributed by atoms with E-state index in [4.69, 9.17) is 6.13 Å². The van der Waals surface area contributed by atoms with E-state index in [1.165, 1.54) is 0 Å². The summed E-state index contributed by atoms with van der Waals surface area (Å²) in [5, 5.41) is 0. The molecule has 1 aliphatic rings. The number of carbonyl (C=O) groups is 1. The molecule has 0 radical (unpaired) electrons. The van der Waals surface area contributed by atoms with Crippen molar-refractivity contribution in [2.45, 2.75) is 40.2 Å². The van der Waals surface area contributed by atoms with Crippen LogP contribution in [0.2, 0.25) is 0 Å². The molecule has 3 nitrogen and oxygen atoms in total. The number of hydrogen-bond donors (Lipinski definition) is 0. The molecule has 0 saturated heterocycles. The zero-order chi connectivity index (χ0) is 13.6. The third-order valence-corrected chi connectivity index (χ3v) is 6.89. The van der Waals surface area contributed by atoms with Crippen LogP contribution in [0.4, 0.5) is 0 Å². The standard InChI is InChI=1S/C14H19IO3/c1-13(2,3)12(16)17-15-11-9-7-6-8-10(11)14(4,5)18-15/h6-9H,1-5H3. The number of rotatable bonds is 1. The summed E-state index contributed by atoms with van der Waals surface area (Å²) in [6.45, 7) is 9.62. The molecule has 0 fully saturated rings. The van der Waals surface area contributed by atoms with Crippen LogP contribution in [0.15, 0.2) is 24.3 Å². The first-order valence-corrected chi connectivity index (χ1v) is 8.78. The van der Waals surface area contributed by atoms with Crippen molar-refractivity contribution < 1.29 is 10.9 Å². The fourth-order valence-corrected chi connectivity index (χ4v) is 6.21. The van der Waals surface area contributed by atoms with Gasteiger partial charge in [0.1, 0.15) is 0 Å². The van der Waals surface area contributed by atoms with Gasteiger partial charge in [-0.25, -0.2) is 0 Å². The van der Waals surface area contributed by atoms with Crippen molar-refractivity contribution >= 4 is 26.6 Å². The number of benzene rings is 1. The Balaban J connectivity index is 2.26. The van der Waals surface area contributed by atoms with Crippen LogP contribution < -0.4 is 0 Å². The first kappa shape index (κ1) is 13.8. The molecular weight excluding hydrogens is 343 g/mol. The summed E-state index contributed by atoms with van der Waals surface area (Å²) in [7, 11) is 0. The van der Waals surface area contributed by atoms with Gasteiger partial charge in [-0.05, 0) is 0 Å². The van der Waals surface area contributed by atoms with E-state index >= 15 is 0 Å². The zero-order valence-corrected chi connectivity index (χ0v) is 13.6. The molecule has 0 unspecified atom stereocenters. The van der Waals surface area contributed by atoms with Crippen molar-refractivity contribution in [1.82, 2.24) is 0 Å². The van der Waals surface area contributed by atoms with Gasteiger partial charge in [0.25, 0.3) is 0 Å². The Bertz CT molecular complexity index is 474. The van der Waals surface area contributed by atoms with Crippen molar-refractivity contribution in [2.24, 2.45) is 5.41 Å². The third kappa shape index (κ3) is 2.54. The molecule has 0 spiro atoms. The predicted molar refractivity (Wildman–Crippen MR) is 78.8 cm³/mol. The van der Waals surface area contributed by atoms with Gasteiger partial charge in [-0.3, -0.25) is 0 Å². The Morgan fingerprint density at radius 2 is 1.89 bits per heavy atom. The molecule has 0 aromatic heterocycles. The van der Waals surface area contributed by atoms with Gasteiger partial charge < -0.3 is 0 Å². The van der Waals surface area contributed by atoms with E-state index in [1.54, 1.807) is 0 Å². The van der Waals surface area contributed by atoms with Gasteiger partial charge >= 0.3 is 117 Å². The predicted octanol–water partition coefficient (Wildman–Crippen LogP) is 4.05. The SMILES string of the molecule is CC(C)(C)C(=O)OI1OC(C)(C)c2ccccc21. The number of hydrogen-bond acceptors (Lipinski definition) is 3. The summed E-state index contributed by atoms with van der Waals surface area (Å²) in [6.07, 6.45) is 0. The van der Waals surface area contributed by atoms with Crippen LogP contribution in [0.3, 0.4) is 0 Å². The molecule has 100 valence electrons. The summed E-state index contributed by atoms with van der Waals surface area (Å²) < 4.78 is 12.7. The summed E-state index contributed by atoms with van der Waals surface area (Å²) in [6, 6.07) is 8.04. The maximum atomic E-state index is 12.0. The normalized spacial score (nSPS) is 19.5. The van der Waals surface area contributed by atoms with Crippen LogP contribution in [0.5, 0.6) is 0 Å². The first-order chi connectivity index (χ1) is 8.22. The van der Waals surface area contributed by atoms with E-state index in [0.717, 1.165) is 9.13 Å². The van der Waals surface area contributed by atoms with Crippen molar-refractivity contribution in [1.29, 1.82) is 0 Å². The Morgan fingerprint density at radius 1 is 1.28 bits per heavy atom. The molecule has 1 heterocycles. The van der Waals surface area contributed by atoms with E-state index in [0.29, 0.717) is 0 Å². The van der Waals surface area contributed by atoms with Crippen LogP contribution >= 0.6 is 20.6 Å². The second kappa shape index (κ2) is 4.49. The fraction of sp³-hybridized carbons (Fsp3) is 0.500. The number of carbonyl (C=O) groups excluding carboxylic acids is 1. The summed E-state index contributed by atoms with van der Waals surface area (Å²) in [4.78, 5) is 12.0. The molecule has 0 bridgehead atoms. The van der Waals surface area contributed by atoms with Gasteiger partial charge in [0.2, 0.25) is 0 Å².